The first-order valence-corrected chi connectivity index (χ1v) is 33.1. The number of para-hydroxylation sites is 2. The van der Waals surface area contributed by atoms with Gasteiger partial charge in [0.2, 0.25) is 0 Å². The molecule has 2 saturated carbocycles. The van der Waals surface area contributed by atoms with Crippen molar-refractivity contribution in [3.8, 4) is 5.75 Å². The van der Waals surface area contributed by atoms with E-state index in [9.17, 15) is 5.11 Å². The molecule has 432 valence electrons. The molecule has 15 rings (SSSR count). The Kier molecular flexibility index (Phi) is 14.6. The molecule has 6 aliphatic rings. The van der Waals surface area contributed by atoms with Crippen LogP contribution in [0.1, 0.15) is 189 Å². The Morgan fingerprint density at radius 2 is 1.21 bits per heavy atom. The molecule has 0 radical (unpaired) electrons. The van der Waals surface area contributed by atoms with Gasteiger partial charge < -0.3 is 19.3 Å². The molecule has 4 nitrogen and oxygen atoms in total. The lowest BCUT2D eigenvalue weighted by atomic mass is 9.74. The van der Waals surface area contributed by atoms with Crippen LogP contribution in [0.25, 0.3) is 43.7 Å². The molecular weight excluding hydrogens is 1040 g/mol. The number of aromatic hydroxyl groups is 1. The first-order chi connectivity index (χ1) is 42.3. The number of nitrogens with zero attached hydrogens (tertiary/aromatic N) is 2. The summed E-state index contributed by atoms with van der Waals surface area (Å²) < 4.78 is 7.52. The van der Waals surface area contributed by atoms with Crippen LogP contribution in [-0.4, -0.2) is 5.11 Å². The molecule has 2 fully saturated rings. The highest BCUT2D eigenvalue weighted by Crippen LogP contribution is 2.56. The third-order valence-corrected chi connectivity index (χ3v) is 20.9. The molecule has 0 aliphatic heterocycles. The van der Waals surface area contributed by atoms with Crippen molar-refractivity contribution in [2.45, 2.75) is 161 Å². The Labute approximate surface area is 510 Å². The molecule has 1 N–H and O–H groups in total. The van der Waals surface area contributed by atoms with Crippen molar-refractivity contribution >= 4 is 72.1 Å². The van der Waals surface area contributed by atoms with Crippen LogP contribution in [0.5, 0.6) is 5.75 Å². The van der Waals surface area contributed by atoms with Gasteiger partial charge in [-0.1, -0.05) is 193 Å². The summed E-state index contributed by atoms with van der Waals surface area (Å²) in [5.74, 6) is 2.71. The normalized spacial score (nSPS) is 18.8. The maximum absolute atomic E-state index is 13.3. The maximum Gasteiger partial charge on any atom is 0.159 e. The van der Waals surface area contributed by atoms with E-state index in [-0.39, 0.29) is 5.92 Å². The molecule has 8 aromatic carbocycles. The predicted octanol–water partition coefficient (Wildman–Crippen LogP) is 22.7. The number of phenolic OH excluding ortho intramolecular Hbond substituents is 1. The second kappa shape index (κ2) is 23.0. The molecule has 1 aromatic heterocycles. The van der Waals surface area contributed by atoms with Gasteiger partial charge in [0.05, 0.1) is 22.7 Å². The Bertz CT molecular complexity index is 4300. The molecule has 0 saturated heterocycles. The fraction of sp³-hybridized carbons (Fsp3) is 0.317. The summed E-state index contributed by atoms with van der Waals surface area (Å²) >= 11 is 0. The third kappa shape index (κ3) is 9.49. The summed E-state index contributed by atoms with van der Waals surface area (Å²) in [5, 5.41) is 20.1. The van der Waals surface area contributed by atoms with Gasteiger partial charge in [0, 0.05) is 44.8 Å². The maximum atomic E-state index is 13.3. The molecule has 9 aromatic rings. The minimum Gasteiger partial charge on any atom is -0.505 e. The topological polar surface area (TPSA) is 39.9 Å². The highest BCUT2D eigenvalue weighted by molar-refractivity contribution is 6.19. The fourth-order valence-electron chi connectivity index (χ4n) is 16.7. The summed E-state index contributed by atoms with van der Waals surface area (Å²) in [6, 6.07) is 50.7. The number of allylic oxidation sites excluding steroid dienone is 9. The number of hydrogen-bond donors (Lipinski definition) is 1. The zero-order chi connectivity index (χ0) is 58.0. The number of hydrogen-bond acceptors (Lipinski definition) is 4. The van der Waals surface area contributed by atoms with Gasteiger partial charge >= 0.3 is 0 Å². The summed E-state index contributed by atoms with van der Waals surface area (Å²) in [6.07, 6.45) is 36.4. The second-order valence-electron chi connectivity index (χ2n) is 26.1. The van der Waals surface area contributed by atoms with Crippen LogP contribution >= 0.6 is 0 Å². The largest absolute Gasteiger partial charge is 0.505 e. The van der Waals surface area contributed by atoms with Gasteiger partial charge in [0.15, 0.2) is 5.58 Å². The third-order valence-electron chi connectivity index (χ3n) is 20.9. The number of phenols is 1. The van der Waals surface area contributed by atoms with Crippen LogP contribution in [0.4, 0.5) is 28.4 Å². The molecule has 0 bridgehead atoms. The lowest BCUT2D eigenvalue weighted by Gasteiger charge is -2.37. The van der Waals surface area contributed by atoms with Crippen LogP contribution in [0.3, 0.4) is 0 Å². The highest BCUT2D eigenvalue weighted by atomic mass is 16.3. The number of anilines is 5. The van der Waals surface area contributed by atoms with Crippen molar-refractivity contribution in [1.82, 2.24) is 0 Å². The van der Waals surface area contributed by atoms with Crippen LogP contribution in [0, 0.1) is 12.8 Å². The lowest BCUT2D eigenvalue weighted by molar-refractivity contribution is 0.442. The summed E-state index contributed by atoms with van der Waals surface area (Å²) in [7, 11) is 0. The monoisotopic (exact) mass is 1130 g/mol. The van der Waals surface area contributed by atoms with E-state index in [0.717, 1.165) is 91.0 Å². The van der Waals surface area contributed by atoms with Gasteiger partial charge in [0.1, 0.15) is 11.5 Å². The SMILES string of the molecule is CCc1ccccc1C1=CC=CC(c2cccc(N(c3cccc(C)c3)c3cc(C4CCCCC4)c4c5c3ccc3c(C6CCCCC6)cc(N(C6=CC=CC(C)C6)c6cccc7c8c(oc67)C(c6ccccc6CC)=CCC8)c(c35)CC4)c2O)C1. The van der Waals surface area contributed by atoms with Crippen molar-refractivity contribution in [1.29, 1.82) is 0 Å². The van der Waals surface area contributed by atoms with E-state index in [1.807, 2.05) is 0 Å². The number of fused-ring (bicyclic) bond motifs is 3. The Hall–Kier alpha value is -8.08. The molecule has 6 aliphatic carbocycles. The minimum absolute atomic E-state index is 0.0133. The number of rotatable bonds is 13. The number of aryl methyl sites for hydroxylation is 6. The van der Waals surface area contributed by atoms with E-state index in [1.165, 1.54) is 164 Å². The van der Waals surface area contributed by atoms with Crippen molar-refractivity contribution < 1.29 is 9.52 Å². The van der Waals surface area contributed by atoms with E-state index in [4.69, 9.17) is 4.42 Å². The second-order valence-corrected chi connectivity index (χ2v) is 26.1. The average Bonchev–Trinajstić information content (AvgIpc) is 0.975. The van der Waals surface area contributed by atoms with Gasteiger partial charge in [-0.25, -0.2) is 0 Å². The van der Waals surface area contributed by atoms with E-state index < -0.39 is 0 Å². The molecule has 2 atom stereocenters. The zero-order valence-electron chi connectivity index (χ0n) is 51.0. The summed E-state index contributed by atoms with van der Waals surface area (Å²) in [6.45, 7) is 9.10. The molecule has 2 unspecified atom stereocenters. The molecule has 1 heterocycles. The standard InChI is InChI=1S/C82H82N2O2/c1-5-54-25-13-15-35-62(54)58-31-19-32-59(49-58)64-37-21-41-74(80(64)85)83(60-33-17-23-52(3)47-60)76-50-72(56-27-9-7-10-28-56)65-44-46-71-77(51-73(57-29-11-8-12-30-57)66-43-45-70(76)78(65)79(66)71)84(61-34-18-24-53(4)48-61)75-42-22-40-69-68-39-20-38-67(81(68)86-82(69)75)63-36-16-14-26-55(63)6-2/h13-19,21-26,31-38,40-43,45,47,50-51,53,56-57,59,85H,5-12,20,27-30,39,44,46,48-49H2,1-4H3. The smallest absolute Gasteiger partial charge is 0.159 e. The first-order valence-electron chi connectivity index (χ1n) is 33.1. The van der Waals surface area contributed by atoms with Crippen molar-refractivity contribution in [3.63, 3.8) is 0 Å². The Morgan fingerprint density at radius 1 is 0.535 bits per heavy atom. The molecule has 4 heteroatoms. The summed E-state index contributed by atoms with van der Waals surface area (Å²) in [4.78, 5) is 5.15. The lowest BCUT2D eigenvalue weighted by Crippen LogP contribution is -2.23. The van der Waals surface area contributed by atoms with Crippen LogP contribution < -0.4 is 9.80 Å². The van der Waals surface area contributed by atoms with E-state index in [0.29, 0.717) is 23.5 Å². The van der Waals surface area contributed by atoms with Gasteiger partial charge in [-0.05, 0) is 216 Å². The van der Waals surface area contributed by atoms with E-state index in [1.54, 1.807) is 5.56 Å². The van der Waals surface area contributed by atoms with Crippen molar-refractivity contribution in [2.24, 2.45) is 5.92 Å². The highest BCUT2D eigenvalue weighted by Gasteiger charge is 2.36. The molecule has 0 spiro atoms. The van der Waals surface area contributed by atoms with Crippen LogP contribution in [0.15, 0.2) is 186 Å². The van der Waals surface area contributed by atoms with Gasteiger partial charge in [-0.15, -0.1) is 0 Å². The van der Waals surface area contributed by atoms with Gasteiger partial charge in [-0.3, -0.25) is 0 Å². The van der Waals surface area contributed by atoms with Crippen molar-refractivity contribution in [3.05, 3.63) is 249 Å². The van der Waals surface area contributed by atoms with Crippen molar-refractivity contribution in [2.75, 3.05) is 9.80 Å². The minimum atomic E-state index is 0.0133. The Balaban J connectivity index is 0.982. The summed E-state index contributed by atoms with van der Waals surface area (Å²) in [5.41, 5.74) is 25.2. The fourth-order valence-corrected chi connectivity index (χ4v) is 16.7. The van der Waals surface area contributed by atoms with Crippen LogP contribution in [-0.2, 0) is 32.1 Å². The quantitative estimate of drug-likeness (QED) is 0.117. The predicted molar refractivity (Wildman–Crippen MR) is 362 cm³/mol. The zero-order valence-corrected chi connectivity index (χ0v) is 51.0. The molecule has 0 amide bonds. The first kappa shape index (κ1) is 54.6. The van der Waals surface area contributed by atoms with E-state index in [2.05, 4.69) is 213 Å². The Morgan fingerprint density at radius 3 is 1.99 bits per heavy atom. The number of furan rings is 1. The van der Waals surface area contributed by atoms with E-state index >= 15 is 0 Å². The molecular formula is C82H82N2O2. The van der Waals surface area contributed by atoms with Crippen LogP contribution in [0.2, 0.25) is 0 Å². The number of benzene rings is 8. The van der Waals surface area contributed by atoms with Gasteiger partial charge in [0.25, 0.3) is 0 Å². The molecule has 86 heavy (non-hydrogen) atoms. The van der Waals surface area contributed by atoms with Gasteiger partial charge in [-0.2, -0.15) is 0 Å². The average molecular weight is 1130 g/mol.